The van der Waals surface area contributed by atoms with Gasteiger partial charge < -0.3 is 15.5 Å². The number of pyridine rings is 1. The van der Waals surface area contributed by atoms with Gasteiger partial charge in [0.1, 0.15) is 17.6 Å². The third kappa shape index (κ3) is 3.77. The first-order valence-electron chi connectivity index (χ1n) is 7.94. The average Bonchev–Trinajstić information content (AvgIpc) is 2.87. The summed E-state index contributed by atoms with van der Waals surface area (Å²) in [6.45, 7) is 2.01. The number of aromatic nitrogens is 3. The molecule has 2 aromatic rings. The van der Waals surface area contributed by atoms with E-state index in [9.17, 15) is 18.4 Å². The highest BCUT2D eigenvalue weighted by Gasteiger charge is 2.33. The van der Waals surface area contributed by atoms with Crippen LogP contribution in [-0.4, -0.2) is 41.1 Å². The van der Waals surface area contributed by atoms with Gasteiger partial charge in [0, 0.05) is 32.4 Å². The summed E-state index contributed by atoms with van der Waals surface area (Å²) in [5.74, 6) is 0.570. The van der Waals surface area contributed by atoms with Crippen molar-refractivity contribution in [3.05, 3.63) is 35.8 Å². The molecule has 2 aromatic heterocycles. The molecule has 1 saturated heterocycles. The largest absolute Gasteiger partial charge is 0.433 e. The molecule has 1 aliphatic rings. The van der Waals surface area contributed by atoms with Crippen molar-refractivity contribution in [2.45, 2.75) is 12.6 Å². The first kappa shape index (κ1) is 17.7. The maximum Gasteiger partial charge on any atom is 0.433 e. The number of hydrogen-bond donors (Lipinski definition) is 1. The van der Waals surface area contributed by atoms with Crippen LogP contribution in [0.1, 0.15) is 17.7 Å². The van der Waals surface area contributed by atoms with Crippen LogP contribution in [0.2, 0.25) is 0 Å². The highest BCUT2D eigenvalue weighted by atomic mass is 19.4. The molecule has 0 unspecified atom stereocenters. The number of rotatable bonds is 2. The third-order valence-electron chi connectivity index (χ3n) is 4.02. The van der Waals surface area contributed by atoms with E-state index in [4.69, 9.17) is 5.73 Å². The average molecular weight is 363 g/mol. The quantitative estimate of drug-likeness (QED) is 0.872. The number of nitriles is 1. The van der Waals surface area contributed by atoms with Gasteiger partial charge in [-0.05, 0) is 18.6 Å². The Morgan fingerprint density at radius 1 is 1.12 bits per heavy atom. The minimum absolute atomic E-state index is 0.0486. The molecule has 0 aliphatic carbocycles. The van der Waals surface area contributed by atoms with Gasteiger partial charge in [0.25, 0.3) is 0 Å². The summed E-state index contributed by atoms with van der Waals surface area (Å²) in [5.41, 5.74) is 5.47. The van der Waals surface area contributed by atoms with Gasteiger partial charge in [-0.25, -0.2) is 15.0 Å². The van der Waals surface area contributed by atoms with Gasteiger partial charge in [0.2, 0.25) is 5.95 Å². The molecule has 0 bridgehead atoms. The number of anilines is 3. The van der Waals surface area contributed by atoms with Crippen molar-refractivity contribution in [2.75, 3.05) is 41.7 Å². The fraction of sp³-hybridized carbons (Fsp3) is 0.375. The predicted molar refractivity (Wildman–Crippen MR) is 89.4 cm³/mol. The van der Waals surface area contributed by atoms with Crippen LogP contribution in [0, 0.1) is 11.3 Å². The topological polar surface area (TPSA) is 95.0 Å². The molecule has 1 fully saturated rings. The van der Waals surface area contributed by atoms with E-state index < -0.39 is 11.9 Å². The first-order valence-corrected chi connectivity index (χ1v) is 7.94. The fourth-order valence-corrected chi connectivity index (χ4v) is 2.80. The van der Waals surface area contributed by atoms with Crippen LogP contribution in [0.4, 0.5) is 30.6 Å². The Labute approximate surface area is 147 Å². The van der Waals surface area contributed by atoms with Crippen molar-refractivity contribution in [1.82, 2.24) is 15.0 Å². The minimum Gasteiger partial charge on any atom is -0.397 e. The lowest BCUT2D eigenvalue weighted by atomic mass is 10.2. The Morgan fingerprint density at radius 3 is 2.58 bits per heavy atom. The van der Waals surface area contributed by atoms with Crippen LogP contribution < -0.4 is 15.5 Å². The normalized spacial score (nSPS) is 15.5. The molecule has 7 nitrogen and oxygen atoms in total. The standard InChI is InChI=1S/C16H16F3N7/c17-16(18,19)13-2-3-22-15(24-13)26-5-1-4-25(6-7-26)14-11(9-20)8-12(21)10-23-14/h2-3,8,10H,1,4-7,21H2. The molecule has 26 heavy (non-hydrogen) atoms. The van der Waals surface area contributed by atoms with Gasteiger partial charge in [0.15, 0.2) is 0 Å². The molecule has 0 atom stereocenters. The number of alkyl halides is 3. The fourth-order valence-electron chi connectivity index (χ4n) is 2.80. The third-order valence-corrected chi connectivity index (χ3v) is 4.02. The molecule has 0 saturated carbocycles. The summed E-state index contributed by atoms with van der Waals surface area (Å²) >= 11 is 0. The van der Waals surface area contributed by atoms with E-state index in [1.165, 1.54) is 6.20 Å². The van der Waals surface area contributed by atoms with Crippen LogP contribution in [0.25, 0.3) is 0 Å². The second kappa shape index (κ2) is 7.03. The van der Waals surface area contributed by atoms with E-state index in [0.717, 1.165) is 12.3 Å². The van der Waals surface area contributed by atoms with Crippen molar-refractivity contribution in [1.29, 1.82) is 5.26 Å². The second-order valence-corrected chi connectivity index (χ2v) is 5.82. The van der Waals surface area contributed by atoms with Crippen LogP contribution >= 0.6 is 0 Å². The molecule has 1 aliphatic heterocycles. The van der Waals surface area contributed by atoms with Crippen molar-refractivity contribution in [2.24, 2.45) is 0 Å². The van der Waals surface area contributed by atoms with Crippen LogP contribution in [0.15, 0.2) is 24.5 Å². The summed E-state index contributed by atoms with van der Waals surface area (Å²) in [7, 11) is 0. The van der Waals surface area contributed by atoms with Gasteiger partial charge in [-0.2, -0.15) is 18.4 Å². The molecule has 10 heteroatoms. The Kier molecular flexibility index (Phi) is 4.79. The van der Waals surface area contributed by atoms with E-state index >= 15 is 0 Å². The minimum atomic E-state index is -4.51. The Balaban J connectivity index is 1.78. The summed E-state index contributed by atoms with van der Waals surface area (Å²) < 4.78 is 38.5. The second-order valence-electron chi connectivity index (χ2n) is 5.82. The van der Waals surface area contributed by atoms with Crippen LogP contribution in [-0.2, 0) is 6.18 Å². The maximum atomic E-state index is 12.8. The number of nitrogens with two attached hydrogens (primary N) is 1. The molecule has 0 radical (unpaired) electrons. The maximum absolute atomic E-state index is 12.8. The van der Waals surface area contributed by atoms with Gasteiger partial charge in [-0.15, -0.1) is 0 Å². The van der Waals surface area contributed by atoms with Crippen LogP contribution in [0.3, 0.4) is 0 Å². The summed E-state index contributed by atoms with van der Waals surface area (Å²) in [4.78, 5) is 15.5. The highest BCUT2D eigenvalue weighted by Crippen LogP contribution is 2.28. The number of nitrogen functional groups attached to an aromatic ring is 1. The number of halogens is 3. The number of hydrogen-bond acceptors (Lipinski definition) is 7. The van der Waals surface area contributed by atoms with E-state index in [-0.39, 0.29) is 5.95 Å². The van der Waals surface area contributed by atoms with Crippen molar-refractivity contribution >= 4 is 17.5 Å². The van der Waals surface area contributed by atoms with E-state index in [1.807, 2.05) is 4.90 Å². The molecule has 3 rings (SSSR count). The summed E-state index contributed by atoms with van der Waals surface area (Å²) in [5, 5.41) is 9.27. The molecule has 0 spiro atoms. The summed E-state index contributed by atoms with van der Waals surface area (Å²) in [6, 6.07) is 4.48. The zero-order chi connectivity index (χ0) is 18.7. The van der Waals surface area contributed by atoms with Gasteiger partial charge in [0.05, 0.1) is 17.4 Å². The lowest BCUT2D eigenvalue weighted by Crippen LogP contribution is -2.32. The molecule has 0 amide bonds. The Morgan fingerprint density at radius 2 is 1.85 bits per heavy atom. The lowest BCUT2D eigenvalue weighted by Gasteiger charge is -2.23. The highest BCUT2D eigenvalue weighted by molar-refractivity contribution is 5.59. The lowest BCUT2D eigenvalue weighted by molar-refractivity contribution is -0.141. The van der Waals surface area contributed by atoms with Gasteiger partial charge in [-0.3, -0.25) is 0 Å². The van der Waals surface area contributed by atoms with Crippen LogP contribution in [0.5, 0.6) is 0 Å². The van der Waals surface area contributed by atoms with Gasteiger partial charge in [-0.1, -0.05) is 0 Å². The van der Waals surface area contributed by atoms with Crippen molar-refractivity contribution in [3.63, 3.8) is 0 Å². The van der Waals surface area contributed by atoms with Gasteiger partial charge >= 0.3 is 6.18 Å². The summed E-state index contributed by atoms with van der Waals surface area (Å²) in [6.07, 6.45) is -1.25. The Bertz CT molecular complexity index is 831. The Hall–Kier alpha value is -3.09. The zero-order valence-corrected chi connectivity index (χ0v) is 13.7. The molecule has 2 N–H and O–H groups in total. The molecule has 0 aromatic carbocycles. The van der Waals surface area contributed by atoms with E-state index in [2.05, 4.69) is 21.0 Å². The predicted octanol–water partition coefficient (Wildman–Crippen LogP) is 2.06. The van der Waals surface area contributed by atoms with Crippen molar-refractivity contribution in [3.8, 4) is 6.07 Å². The smallest absolute Gasteiger partial charge is 0.397 e. The monoisotopic (exact) mass is 363 g/mol. The van der Waals surface area contributed by atoms with E-state index in [0.29, 0.717) is 49.7 Å². The molecule has 136 valence electrons. The van der Waals surface area contributed by atoms with E-state index in [1.54, 1.807) is 11.0 Å². The number of nitrogens with zero attached hydrogens (tertiary/aromatic N) is 6. The first-order chi connectivity index (χ1) is 12.4. The molecular formula is C16H16F3N7. The van der Waals surface area contributed by atoms with Crippen molar-refractivity contribution < 1.29 is 13.2 Å². The molecular weight excluding hydrogens is 347 g/mol. The molecule has 3 heterocycles. The zero-order valence-electron chi connectivity index (χ0n) is 13.7. The SMILES string of the molecule is N#Cc1cc(N)cnc1N1CCCN(c2nccc(C(F)(F)F)n2)CC1.